The van der Waals surface area contributed by atoms with Crippen molar-refractivity contribution in [3.8, 4) is 0 Å². The Morgan fingerprint density at radius 1 is 1.22 bits per heavy atom. The fourth-order valence-corrected chi connectivity index (χ4v) is 3.58. The SMILES string of the molecule is CN=C(NCCn1cccn1)N1CCN(C(C)c2ccc(Br)cc2)CC1.I. The van der Waals surface area contributed by atoms with Gasteiger partial charge in [0.1, 0.15) is 0 Å². The predicted molar refractivity (Wildman–Crippen MR) is 125 cm³/mol. The third kappa shape index (κ3) is 6.18. The van der Waals surface area contributed by atoms with Crippen LogP contribution < -0.4 is 5.32 Å². The quantitative estimate of drug-likeness (QED) is 0.355. The number of piperazine rings is 1. The summed E-state index contributed by atoms with van der Waals surface area (Å²) in [6.45, 7) is 8.01. The number of hydrogen-bond donors (Lipinski definition) is 1. The van der Waals surface area contributed by atoms with Crippen LogP contribution in [0.2, 0.25) is 0 Å². The highest BCUT2D eigenvalue weighted by atomic mass is 127. The first-order valence-corrected chi connectivity index (χ1v) is 9.89. The van der Waals surface area contributed by atoms with Gasteiger partial charge in [-0.1, -0.05) is 28.1 Å². The van der Waals surface area contributed by atoms with Crippen molar-refractivity contribution in [1.82, 2.24) is 24.9 Å². The van der Waals surface area contributed by atoms with Gasteiger partial charge in [0.05, 0.1) is 6.54 Å². The molecular formula is C19H28BrIN6. The number of rotatable bonds is 5. The van der Waals surface area contributed by atoms with Gasteiger partial charge in [0.2, 0.25) is 0 Å². The van der Waals surface area contributed by atoms with Crippen molar-refractivity contribution in [1.29, 1.82) is 0 Å². The van der Waals surface area contributed by atoms with Crippen LogP contribution in [0.25, 0.3) is 0 Å². The zero-order valence-electron chi connectivity index (χ0n) is 15.9. The molecule has 6 nitrogen and oxygen atoms in total. The van der Waals surface area contributed by atoms with E-state index in [0.717, 1.165) is 49.7 Å². The molecule has 1 aliphatic heterocycles. The van der Waals surface area contributed by atoms with Crippen molar-refractivity contribution in [2.24, 2.45) is 4.99 Å². The van der Waals surface area contributed by atoms with Gasteiger partial charge < -0.3 is 10.2 Å². The number of halogens is 2. The lowest BCUT2D eigenvalue weighted by Crippen LogP contribution is -2.53. The maximum atomic E-state index is 4.45. The molecule has 1 aliphatic rings. The molecule has 148 valence electrons. The maximum absolute atomic E-state index is 4.45. The van der Waals surface area contributed by atoms with Crippen LogP contribution in [-0.4, -0.2) is 65.3 Å². The molecule has 0 radical (unpaired) electrons. The van der Waals surface area contributed by atoms with Crippen LogP contribution in [0.4, 0.5) is 0 Å². The summed E-state index contributed by atoms with van der Waals surface area (Å²) in [6.07, 6.45) is 3.79. The molecule has 1 unspecified atom stereocenters. The molecule has 0 saturated carbocycles. The first kappa shape index (κ1) is 22.2. The summed E-state index contributed by atoms with van der Waals surface area (Å²) in [5, 5.41) is 7.68. The number of nitrogens with zero attached hydrogens (tertiary/aromatic N) is 5. The molecule has 1 N–H and O–H groups in total. The zero-order chi connectivity index (χ0) is 18.4. The molecule has 0 spiro atoms. The lowest BCUT2D eigenvalue weighted by molar-refractivity contribution is 0.138. The maximum Gasteiger partial charge on any atom is 0.193 e. The molecule has 1 fully saturated rings. The third-order valence-electron chi connectivity index (χ3n) is 4.91. The zero-order valence-corrected chi connectivity index (χ0v) is 19.8. The molecule has 27 heavy (non-hydrogen) atoms. The minimum Gasteiger partial charge on any atom is -0.354 e. The lowest BCUT2D eigenvalue weighted by atomic mass is 10.1. The topological polar surface area (TPSA) is 48.7 Å². The molecule has 1 atom stereocenters. The van der Waals surface area contributed by atoms with E-state index in [1.807, 2.05) is 24.0 Å². The van der Waals surface area contributed by atoms with Crippen molar-refractivity contribution in [3.63, 3.8) is 0 Å². The number of nitrogens with one attached hydrogen (secondary N) is 1. The van der Waals surface area contributed by atoms with Crippen LogP contribution >= 0.6 is 39.9 Å². The monoisotopic (exact) mass is 546 g/mol. The molecule has 0 amide bonds. The molecule has 2 heterocycles. The van der Waals surface area contributed by atoms with Gasteiger partial charge >= 0.3 is 0 Å². The van der Waals surface area contributed by atoms with E-state index in [4.69, 9.17) is 0 Å². The Bertz CT molecular complexity index is 695. The molecule has 3 rings (SSSR count). The van der Waals surface area contributed by atoms with Crippen molar-refractivity contribution >= 4 is 45.9 Å². The molecule has 1 aromatic carbocycles. The van der Waals surface area contributed by atoms with Crippen molar-refractivity contribution in [2.75, 3.05) is 39.8 Å². The average Bonchev–Trinajstić information content (AvgIpc) is 3.19. The summed E-state index contributed by atoms with van der Waals surface area (Å²) in [5.74, 6) is 0.980. The van der Waals surface area contributed by atoms with Crippen LogP contribution in [0.5, 0.6) is 0 Å². The van der Waals surface area contributed by atoms with Gasteiger partial charge in [-0.15, -0.1) is 24.0 Å². The van der Waals surface area contributed by atoms with Crippen LogP contribution in [0.3, 0.4) is 0 Å². The molecule has 1 aromatic heterocycles. The molecule has 2 aromatic rings. The number of benzene rings is 1. The normalized spacial score (nSPS) is 16.7. The van der Waals surface area contributed by atoms with E-state index < -0.39 is 0 Å². The lowest BCUT2D eigenvalue weighted by Gasteiger charge is -2.39. The molecule has 0 bridgehead atoms. The first-order valence-electron chi connectivity index (χ1n) is 9.10. The number of aliphatic imine (C=N–C) groups is 1. The largest absolute Gasteiger partial charge is 0.354 e. The van der Waals surface area contributed by atoms with Crippen molar-refractivity contribution < 1.29 is 0 Å². The van der Waals surface area contributed by atoms with E-state index in [9.17, 15) is 0 Å². The van der Waals surface area contributed by atoms with Crippen LogP contribution in [0.1, 0.15) is 18.5 Å². The Balaban J connectivity index is 0.00000261. The minimum atomic E-state index is 0. The standard InChI is InChI=1S/C19H27BrN6.HI/c1-16(17-4-6-18(20)7-5-17)24-12-14-25(15-13-24)19(21-2)22-9-11-26-10-3-8-23-26;/h3-8,10,16H,9,11-15H2,1-2H3,(H,21,22);1H. The number of aromatic nitrogens is 2. The van der Waals surface area contributed by atoms with Gasteiger partial charge in [0.15, 0.2) is 5.96 Å². The summed E-state index contributed by atoms with van der Waals surface area (Å²) < 4.78 is 3.06. The fourth-order valence-electron chi connectivity index (χ4n) is 3.32. The van der Waals surface area contributed by atoms with Crippen molar-refractivity contribution in [3.05, 3.63) is 52.8 Å². The Hall–Kier alpha value is -1.13. The molecular weight excluding hydrogens is 519 g/mol. The van der Waals surface area contributed by atoms with E-state index in [2.05, 4.69) is 72.3 Å². The highest BCUT2D eigenvalue weighted by molar-refractivity contribution is 14.0. The molecule has 0 aliphatic carbocycles. The second-order valence-corrected chi connectivity index (χ2v) is 7.41. The second kappa shape index (κ2) is 11.0. The van der Waals surface area contributed by atoms with Gasteiger partial charge in [-0.25, -0.2) is 0 Å². The highest BCUT2D eigenvalue weighted by Gasteiger charge is 2.23. The van der Waals surface area contributed by atoms with E-state index >= 15 is 0 Å². The fraction of sp³-hybridized carbons (Fsp3) is 0.474. The van der Waals surface area contributed by atoms with E-state index in [1.54, 1.807) is 6.20 Å². The van der Waals surface area contributed by atoms with Crippen LogP contribution in [0.15, 0.2) is 52.2 Å². The minimum absolute atomic E-state index is 0. The Kier molecular flexibility index (Phi) is 9.04. The summed E-state index contributed by atoms with van der Waals surface area (Å²) in [4.78, 5) is 9.33. The van der Waals surface area contributed by atoms with E-state index in [1.165, 1.54) is 5.56 Å². The van der Waals surface area contributed by atoms with Crippen LogP contribution in [-0.2, 0) is 6.54 Å². The molecule has 8 heteroatoms. The van der Waals surface area contributed by atoms with Gasteiger partial charge in [-0.05, 0) is 30.7 Å². The van der Waals surface area contributed by atoms with Gasteiger partial charge in [0, 0.05) is 62.7 Å². The summed E-state index contributed by atoms with van der Waals surface area (Å²) in [7, 11) is 1.85. The van der Waals surface area contributed by atoms with Gasteiger partial charge in [-0.3, -0.25) is 14.6 Å². The third-order valence-corrected chi connectivity index (χ3v) is 5.44. The highest BCUT2D eigenvalue weighted by Crippen LogP contribution is 2.23. The summed E-state index contributed by atoms with van der Waals surface area (Å²) in [5.41, 5.74) is 1.36. The van der Waals surface area contributed by atoms with Gasteiger partial charge in [-0.2, -0.15) is 5.10 Å². The molecule has 1 saturated heterocycles. The second-order valence-electron chi connectivity index (χ2n) is 6.49. The Morgan fingerprint density at radius 2 is 1.93 bits per heavy atom. The average molecular weight is 547 g/mol. The first-order chi connectivity index (χ1) is 12.7. The van der Waals surface area contributed by atoms with Gasteiger partial charge in [0.25, 0.3) is 0 Å². The van der Waals surface area contributed by atoms with Crippen molar-refractivity contribution in [2.45, 2.75) is 19.5 Å². The van der Waals surface area contributed by atoms with E-state index in [-0.39, 0.29) is 24.0 Å². The Morgan fingerprint density at radius 3 is 2.52 bits per heavy atom. The predicted octanol–water partition coefficient (Wildman–Crippen LogP) is 3.22. The smallest absolute Gasteiger partial charge is 0.193 e. The number of hydrogen-bond acceptors (Lipinski definition) is 3. The van der Waals surface area contributed by atoms with E-state index in [0.29, 0.717) is 6.04 Å². The number of guanidine groups is 1. The summed E-state index contributed by atoms with van der Waals surface area (Å²) >= 11 is 3.51. The van der Waals surface area contributed by atoms with Crippen LogP contribution in [0, 0.1) is 0 Å². The Labute approximate surface area is 187 Å². The summed E-state index contributed by atoms with van der Waals surface area (Å²) in [6, 6.07) is 11.0.